The van der Waals surface area contributed by atoms with Crippen molar-refractivity contribution >= 4 is 0 Å². The van der Waals surface area contributed by atoms with E-state index in [0.29, 0.717) is 0 Å². The summed E-state index contributed by atoms with van der Waals surface area (Å²) in [5, 5.41) is 0. The Bertz CT molecular complexity index is 352. The summed E-state index contributed by atoms with van der Waals surface area (Å²) >= 11 is 0. The number of rotatable bonds is 4. The number of pyridine rings is 1. The second-order valence-electron chi connectivity index (χ2n) is 4.91. The van der Waals surface area contributed by atoms with Gasteiger partial charge >= 0.3 is 0 Å². The summed E-state index contributed by atoms with van der Waals surface area (Å²) in [7, 11) is 2.16. The van der Waals surface area contributed by atoms with Crippen LogP contribution in [0.1, 0.15) is 30.7 Å². The molecule has 1 fully saturated rings. The van der Waals surface area contributed by atoms with Crippen molar-refractivity contribution in [2.45, 2.75) is 38.3 Å². The molecule has 16 heavy (non-hydrogen) atoms. The van der Waals surface area contributed by atoms with E-state index in [-0.39, 0.29) is 5.54 Å². The summed E-state index contributed by atoms with van der Waals surface area (Å²) in [6, 6.07) is 6.19. The Kier molecular flexibility index (Phi) is 3.26. The molecule has 1 aliphatic rings. The Hall–Kier alpha value is -0.930. The lowest BCUT2D eigenvalue weighted by molar-refractivity contribution is 0.0389. The van der Waals surface area contributed by atoms with Crippen molar-refractivity contribution in [3.05, 3.63) is 29.6 Å². The predicted octanol–water partition coefficient (Wildman–Crippen LogP) is 1.70. The molecule has 0 radical (unpaired) electrons. The first-order chi connectivity index (χ1) is 7.66. The van der Waals surface area contributed by atoms with Crippen LogP contribution in [-0.4, -0.2) is 29.0 Å². The average Bonchev–Trinajstić information content (AvgIpc) is 2.16. The Morgan fingerprint density at radius 3 is 2.69 bits per heavy atom. The fraction of sp³-hybridized carbons (Fsp3) is 0.615. The fourth-order valence-electron chi connectivity index (χ4n) is 2.42. The van der Waals surface area contributed by atoms with Gasteiger partial charge in [0.15, 0.2) is 0 Å². The van der Waals surface area contributed by atoms with E-state index in [1.165, 1.54) is 19.3 Å². The van der Waals surface area contributed by atoms with E-state index in [0.717, 1.165) is 24.5 Å². The van der Waals surface area contributed by atoms with Crippen molar-refractivity contribution in [3.8, 4) is 0 Å². The minimum atomic E-state index is 0.241. The molecule has 3 heteroatoms. The molecule has 1 saturated carbocycles. The van der Waals surface area contributed by atoms with E-state index in [1.807, 2.05) is 13.0 Å². The number of hydrogen-bond donors (Lipinski definition) is 1. The van der Waals surface area contributed by atoms with Crippen LogP contribution < -0.4 is 5.73 Å². The van der Waals surface area contributed by atoms with Crippen LogP contribution in [0.4, 0.5) is 0 Å². The molecule has 0 saturated heterocycles. The highest BCUT2D eigenvalue weighted by Gasteiger charge is 2.39. The van der Waals surface area contributed by atoms with E-state index in [9.17, 15) is 0 Å². The zero-order valence-corrected chi connectivity index (χ0v) is 10.2. The van der Waals surface area contributed by atoms with Crippen LogP contribution in [-0.2, 0) is 6.54 Å². The lowest BCUT2D eigenvalue weighted by Crippen LogP contribution is -2.56. The van der Waals surface area contributed by atoms with Gasteiger partial charge in [-0.3, -0.25) is 9.88 Å². The smallest absolute Gasteiger partial charge is 0.0547 e. The SMILES string of the molecule is Cc1cccc(CN(C)C2(CN)CCC2)n1. The van der Waals surface area contributed by atoms with Gasteiger partial charge in [0.1, 0.15) is 0 Å². The number of hydrogen-bond acceptors (Lipinski definition) is 3. The van der Waals surface area contributed by atoms with Crippen LogP contribution in [0.3, 0.4) is 0 Å². The normalized spacial score (nSPS) is 18.5. The van der Waals surface area contributed by atoms with Crippen molar-refractivity contribution in [1.29, 1.82) is 0 Å². The summed E-state index contributed by atoms with van der Waals surface area (Å²) in [5.74, 6) is 0. The molecule has 1 aliphatic carbocycles. The molecule has 0 atom stereocenters. The molecule has 0 aromatic carbocycles. The van der Waals surface area contributed by atoms with E-state index in [1.54, 1.807) is 0 Å². The third kappa shape index (κ3) is 2.11. The maximum atomic E-state index is 5.89. The van der Waals surface area contributed by atoms with Crippen molar-refractivity contribution in [1.82, 2.24) is 9.88 Å². The van der Waals surface area contributed by atoms with E-state index < -0.39 is 0 Å². The Labute approximate surface area is 97.7 Å². The van der Waals surface area contributed by atoms with Gasteiger partial charge in [-0.25, -0.2) is 0 Å². The van der Waals surface area contributed by atoms with E-state index >= 15 is 0 Å². The lowest BCUT2D eigenvalue weighted by Gasteiger charge is -2.48. The van der Waals surface area contributed by atoms with Crippen LogP contribution in [0.25, 0.3) is 0 Å². The minimum Gasteiger partial charge on any atom is -0.329 e. The van der Waals surface area contributed by atoms with Gasteiger partial charge in [0.2, 0.25) is 0 Å². The summed E-state index contributed by atoms with van der Waals surface area (Å²) < 4.78 is 0. The molecule has 2 N–H and O–H groups in total. The van der Waals surface area contributed by atoms with Gasteiger partial charge in [0, 0.05) is 24.3 Å². The minimum absolute atomic E-state index is 0.241. The highest BCUT2D eigenvalue weighted by Crippen LogP contribution is 2.36. The maximum Gasteiger partial charge on any atom is 0.0547 e. The molecular weight excluding hydrogens is 198 g/mol. The monoisotopic (exact) mass is 219 g/mol. The van der Waals surface area contributed by atoms with Gasteiger partial charge in [0.05, 0.1) is 5.69 Å². The third-order valence-corrected chi connectivity index (χ3v) is 3.82. The summed E-state index contributed by atoms with van der Waals surface area (Å²) in [6.07, 6.45) is 3.76. The predicted molar refractivity (Wildman–Crippen MR) is 66.1 cm³/mol. The van der Waals surface area contributed by atoms with Crippen LogP contribution >= 0.6 is 0 Å². The average molecular weight is 219 g/mol. The number of likely N-dealkylation sites (N-methyl/N-ethyl adjacent to an activating group) is 1. The van der Waals surface area contributed by atoms with Gasteiger partial charge in [0.25, 0.3) is 0 Å². The van der Waals surface area contributed by atoms with Gasteiger partial charge < -0.3 is 5.73 Å². The van der Waals surface area contributed by atoms with Crippen molar-refractivity contribution < 1.29 is 0 Å². The lowest BCUT2D eigenvalue weighted by atomic mass is 9.75. The molecular formula is C13H21N3. The summed E-state index contributed by atoms with van der Waals surface area (Å²) in [5.41, 5.74) is 8.36. The number of aryl methyl sites for hydroxylation is 1. The van der Waals surface area contributed by atoms with Crippen LogP contribution in [0.15, 0.2) is 18.2 Å². The van der Waals surface area contributed by atoms with E-state index in [4.69, 9.17) is 5.73 Å². The molecule has 1 aromatic heterocycles. The van der Waals surface area contributed by atoms with Crippen molar-refractivity contribution in [3.63, 3.8) is 0 Å². The second kappa shape index (κ2) is 4.52. The Morgan fingerprint density at radius 2 is 2.19 bits per heavy atom. The fourth-order valence-corrected chi connectivity index (χ4v) is 2.42. The molecule has 2 rings (SSSR count). The molecule has 0 unspecified atom stereocenters. The molecule has 1 aromatic rings. The van der Waals surface area contributed by atoms with Crippen LogP contribution in [0.2, 0.25) is 0 Å². The Morgan fingerprint density at radius 1 is 1.44 bits per heavy atom. The van der Waals surface area contributed by atoms with Crippen LogP contribution in [0.5, 0.6) is 0 Å². The first-order valence-corrected chi connectivity index (χ1v) is 6.00. The highest BCUT2D eigenvalue weighted by atomic mass is 15.2. The van der Waals surface area contributed by atoms with Crippen LogP contribution in [0, 0.1) is 6.92 Å². The number of nitrogens with two attached hydrogens (primary N) is 1. The number of nitrogens with zero attached hydrogens (tertiary/aromatic N) is 2. The first kappa shape index (κ1) is 11.6. The number of aromatic nitrogens is 1. The van der Waals surface area contributed by atoms with Gasteiger partial charge in [-0.05, 0) is 45.4 Å². The first-order valence-electron chi connectivity index (χ1n) is 6.00. The molecule has 1 heterocycles. The zero-order valence-electron chi connectivity index (χ0n) is 10.2. The van der Waals surface area contributed by atoms with Crippen molar-refractivity contribution in [2.75, 3.05) is 13.6 Å². The van der Waals surface area contributed by atoms with Crippen molar-refractivity contribution in [2.24, 2.45) is 5.73 Å². The summed E-state index contributed by atoms with van der Waals surface area (Å²) in [4.78, 5) is 6.91. The maximum absolute atomic E-state index is 5.89. The summed E-state index contributed by atoms with van der Waals surface area (Å²) in [6.45, 7) is 3.69. The zero-order chi connectivity index (χ0) is 11.6. The van der Waals surface area contributed by atoms with Gasteiger partial charge in [-0.2, -0.15) is 0 Å². The van der Waals surface area contributed by atoms with Gasteiger partial charge in [-0.1, -0.05) is 6.07 Å². The topological polar surface area (TPSA) is 42.1 Å². The third-order valence-electron chi connectivity index (χ3n) is 3.82. The molecule has 0 amide bonds. The highest BCUT2D eigenvalue weighted by molar-refractivity contribution is 5.11. The molecule has 0 bridgehead atoms. The largest absolute Gasteiger partial charge is 0.329 e. The molecule has 3 nitrogen and oxygen atoms in total. The Balaban J connectivity index is 2.04. The van der Waals surface area contributed by atoms with Gasteiger partial charge in [-0.15, -0.1) is 0 Å². The standard InChI is InChI=1S/C13H21N3/c1-11-5-3-6-12(15-11)9-16(2)13(10-14)7-4-8-13/h3,5-6H,4,7-10,14H2,1-2H3. The quantitative estimate of drug-likeness (QED) is 0.838. The second-order valence-corrected chi connectivity index (χ2v) is 4.91. The molecule has 88 valence electrons. The van der Waals surface area contributed by atoms with E-state index in [2.05, 4.69) is 29.1 Å². The molecule has 0 aliphatic heterocycles. The molecule has 0 spiro atoms.